The van der Waals surface area contributed by atoms with E-state index in [1.54, 1.807) is 24.5 Å². The van der Waals surface area contributed by atoms with Crippen LogP contribution in [-0.2, 0) is 0 Å². The summed E-state index contributed by atoms with van der Waals surface area (Å²) in [7, 11) is 0. The normalized spacial score (nSPS) is 10.1. The van der Waals surface area contributed by atoms with E-state index in [1.807, 2.05) is 0 Å². The van der Waals surface area contributed by atoms with Crippen molar-refractivity contribution in [3.63, 3.8) is 0 Å². The molecule has 0 radical (unpaired) electrons. The molecular formula is C10H6ClN3O2. The molecule has 2 rings (SSSR count). The van der Waals surface area contributed by atoms with E-state index in [0.717, 1.165) is 0 Å². The smallest absolute Gasteiger partial charge is 0.356 e. The van der Waals surface area contributed by atoms with Gasteiger partial charge in [0.2, 0.25) is 0 Å². The van der Waals surface area contributed by atoms with E-state index in [1.165, 1.54) is 6.20 Å². The summed E-state index contributed by atoms with van der Waals surface area (Å²) in [5.41, 5.74) is 0.428. The van der Waals surface area contributed by atoms with E-state index in [4.69, 9.17) is 16.7 Å². The van der Waals surface area contributed by atoms with Gasteiger partial charge in [0.25, 0.3) is 0 Å². The Hall–Kier alpha value is -2.01. The zero-order valence-corrected chi connectivity index (χ0v) is 8.72. The maximum Gasteiger partial charge on any atom is 0.356 e. The maximum atomic E-state index is 10.8. The molecule has 0 amide bonds. The molecule has 0 unspecified atom stereocenters. The van der Waals surface area contributed by atoms with Crippen LogP contribution in [0.1, 0.15) is 10.5 Å². The number of aromatic nitrogens is 3. The van der Waals surface area contributed by atoms with Gasteiger partial charge in [-0.3, -0.25) is 4.98 Å². The lowest BCUT2D eigenvalue weighted by molar-refractivity contribution is 0.0690. The Balaban J connectivity index is 2.52. The molecule has 0 aliphatic carbocycles. The predicted octanol–water partition coefficient (Wildman–Crippen LogP) is 1.89. The predicted molar refractivity (Wildman–Crippen MR) is 57.2 cm³/mol. The fourth-order valence-corrected chi connectivity index (χ4v) is 1.32. The first-order valence-electron chi connectivity index (χ1n) is 4.34. The maximum absolute atomic E-state index is 10.8. The topological polar surface area (TPSA) is 76.0 Å². The molecule has 0 fully saturated rings. The number of carboxylic acid groups (broad SMARTS) is 1. The van der Waals surface area contributed by atoms with Gasteiger partial charge in [0.05, 0.1) is 11.2 Å². The minimum absolute atomic E-state index is 0.0140. The molecule has 2 heterocycles. The molecule has 0 aromatic carbocycles. The number of rotatable bonds is 2. The molecule has 1 N–H and O–H groups in total. The van der Waals surface area contributed by atoms with Crippen molar-refractivity contribution in [2.24, 2.45) is 0 Å². The number of carboxylic acids is 1. The van der Waals surface area contributed by atoms with Gasteiger partial charge in [-0.15, -0.1) is 0 Å². The average Bonchev–Trinajstić information content (AvgIpc) is 2.30. The van der Waals surface area contributed by atoms with Crippen molar-refractivity contribution in [3.05, 3.63) is 41.4 Å². The standard InChI is InChI=1S/C10H6ClN3O2/c11-7-5-13-9(14-8(7)10(15)16)6-2-1-3-12-4-6/h1-5H,(H,15,16). The number of halogens is 1. The summed E-state index contributed by atoms with van der Waals surface area (Å²) in [6.45, 7) is 0. The molecule has 0 saturated heterocycles. The Labute approximate surface area is 95.8 Å². The Bertz CT molecular complexity index is 531. The average molecular weight is 236 g/mol. The Kier molecular flexibility index (Phi) is 2.78. The second kappa shape index (κ2) is 4.24. The second-order valence-corrected chi connectivity index (χ2v) is 3.34. The molecule has 0 aliphatic rings. The minimum Gasteiger partial charge on any atom is -0.476 e. The van der Waals surface area contributed by atoms with Crippen LogP contribution in [0.5, 0.6) is 0 Å². The second-order valence-electron chi connectivity index (χ2n) is 2.94. The summed E-state index contributed by atoms with van der Waals surface area (Å²) in [6, 6.07) is 3.45. The van der Waals surface area contributed by atoms with E-state index >= 15 is 0 Å². The summed E-state index contributed by atoms with van der Waals surface area (Å²) in [5.74, 6) is -0.896. The number of hydrogen-bond acceptors (Lipinski definition) is 4. The minimum atomic E-state index is -1.18. The first-order chi connectivity index (χ1) is 7.68. The highest BCUT2D eigenvalue weighted by Gasteiger charge is 2.13. The summed E-state index contributed by atoms with van der Waals surface area (Å²) in [5, 5.41) is 8.86. The van der Waals surface area contributed by atoms with Crippen LogP contribution in [-0.4, -0.2) is 26.0 Å². The summed E-state index contributed by atoms with van der Waals surface area (Å²) in [4.78, 5) is 22.5. The van der Waals surface area contributed by atoms with Gasteiger partial charge in [0.1, 0.15) is 0 Å². The third-order valence-electron chi connectivity index (χ3n) is 1.87. The summed E-state index contributed by atoms with van der Waals surface area (Å²) < 4.78 is 0. The van der Waals surface area contributed by atoms with Crippen LogP contribution in [0.4, 0.5) is 0 Å². The van der Waals surface area contributed by atoms with Gasteiger partial charge in [0, 0.05) is 18.0 Å². The van der Waals surface area contributed by atoms with Crippen molar-refractivity contribution in [2.45, 2.75) is 0 Å². The Morgan fingerprint density at radius 2 is 2.19 bits per heavy atom. The van der Waals surface area contributed by atoms with Gasteiger partial charge in [0.15, 0.2) is 11.5 Å². The van der Waals surface area contributed by atoms with E-state index in [9.17, 15) is 4.79 Å². The van der Waals surface area contributed by atoms with Crippen molar-refractivity contribution < 1.29 is 9.90 Å². The number of aromatic carboxylic acids is 1. The molecular weight excluding hydrogens is 230 g/mol. The van der Waals surface area contributed by atoms with Crippen LogP contribution in [0.3, 0.4) is 0 Å². The summed E-state index contributed by atoms with van der Waals surface area (Å²) >= 11 is 5.66. The molecule has 80 valence electrons. The van der Waals surface area contributed by atoms with Crippen LogP contribution in [0.2, 0.25) is 5.02 Å². The molecule has 16 heavy (non-hydrogen) atoms. The SMILES string of the molecule is O=C(O)c1nc(-c2cccnc2)ncc1Cl. The first kappa shape index (κ1) is 10.5. The molecule has 5 nitrogen and oxygen atoms in total. The van der Waals surface area contributed by atoms with Crippen LogP contribution in [0.25, 0.3) is 11.4 Å². The molecule has 0 spiro atoms. The van der Waals surface area contributed by atoms with Crippen LogP contribution in [0, 0.1) is 0 Å². The Morgan fingerprint density at radius 3 is 2.81 bits per heavy atom. The molecule has 2 aromatic rings. The van der Waals surface area contributed by atoms with Gasteiger partial charge >= 0.3 is 5.97 Å². The largest absolute Gasteiger partial charge is 0.476 e. The van der Waals surface area contributed by atoms with Crippen molar-refractivity contribution in [3.8, 4) is 11.4 Å². The van der Waals surface area contributed by atoms with Gasteiger partial charge in [-0.2, -0.15) is 0 Å². The van der Waals surface area contributed by atoms with Crippen molar-refractivity contribution in [1.82, 2.24) is 15.0 Å². The van der Waals surface area contributed by atoms with Crippen molar-refractivity contribution >= 4 is 17.6 Å². The highest BCUT2D eigenvalue weighted by Crippen LogP contribution is 2.18. The van der Waals surface area contributed by atoms with Crippen LogP contribution in [0.15, 0.2) is 30.7 Å². The van der Waals surface area contributed by atoms with E-state index in [0.29, 0.717) is 5.56 Å². The van der Waals surface area contributed by atoms with Crippen molar-refractivity contribution in [2.75, 3.05) is 0 Å². The highest BCUT2D eigenvalue weighted by atomic mass is 35.5. The lowest BCUT2D eigenvalue weighted by Crippen LogP contribution is -2.04. The number of nitrogens with zero attached hydrogens (tertiary/aromatic N) is 3. The van der Waals surface area contributed by atoms with Crippen LogP contribution >= 0.6 is 11.6 Å². The zero-order valence-electron chi connectivity index (χ0n) is 7.96. The first-order valence-corrected chi connectivity index (χ1v) is 4.72. The number of carbonyl (C=O) groups is 1. The highest BCUT2D eigenvalue weighted by molar-refractivity contribution is 6.33. The number of hydrogen-bond donors (Lipinski definition) is 1. The van der Waals surface area contributed by atoms with Gasteiger partial charge in [-0.25, -0.2) is 14.8 Å². The quantitative estimate of drug-likeness (QED) is 0.860. The molecule has 2 aromatic heterocycles. The third-order valence-corrected chi connectivity index (χ3v) is 2.14. The molecule has 0 aliphatic heterocycles. The molecule has 0 saturated carbocycles. The summed E-state index contributed by atoms with van der Waals surface area (Å²) in [6.07, 6.45) is 4.42. The fourth-order valence-electron chi connectivity index (χ4n) is 1.15. The van der Waals surface area contributed by atoms with E-state index < -0.39 is 5.97 Å². The Morgan fingerprint density at radius 1 is 1.38 bits per heavy atom. The zero-order chi connectivity index (χ0) is 11.5. The van der Waals surface area contributed by atoms with E-state index in [2.05, 4.69) is 15.0 Å². The van der Waals surface area contributed by atoms with Crippen molar-refractivity contribution in [1.29, 1.82) is 0 Å². The van der Waals surface area contributed by atoms with Gasteiger partial charge in [-0.05, 0) is 12.1 Å². The molecule has 6 heteroatoms. The molecule has 0 bridgehead atoms. The van der Waals surface area contributed by atoms with Crippen LogP contribution < -0.4 is 0 Å². The lowest BCUT2D eigenvalue weighted by Gasteiger charge is -2.01. The van der Waals surface area contributed by atoms with Gasteiger partial charge in [-0.1, -0.05) is 11.6 Å². The number of pyridine rings is 1. The monoisotopic (exact) mass is 235 g/mol. The van der Waals surface area contributed by atoms with Gasteiger partial charge < -0.3 is 5.11 Å². The fraction of sp³-hybridized carbons (Fsp3) is 0. The van der Waals surface area contributed by atoms with E-state index in [-0.39, 0.29) is 16.5 Å². The lowest BCUT2D eigenvalue weighted by atomic mass is 10.2. The third kappa shape index (κ3) is 1.99. The molecule has 0 atom stereocenters.